The summed E-state index contributed by atoms with van der Waals surface area (Å²) in [6, 6.07) is 2.83. The first-order chi connectivity index (χ1) is 11.9. The quantitative estimate of drug-likeness (QED) is 0.713. The lowest BCUT2D eigenvalue weighted by molar-refractivity contribution is 0.404. The van der Waals surface area contributed by atoms with Gasteiger partial charge >= 0.3 is 0 Å². The van der Waals surface area contributed by atoms with Crippen molar-refractivity contribution in [1.29, 1.82) is 0 Å². The van der Waals surface area contributed by atoms with Crippen LogP contribution >= 0.6 is 11.8 Å². The van der Waals surface area contributed by atoms with E-state index in [-0.39, 0.29) is 10.3 Å². The van der Waals surface area contributed by atoms with E-state index in [1.54, 1.807) is 29.3 Å². The highest BCUT2D eigenvalue weighted by Gasteiger charge is 2.39. The number of hydrogen-bond donors (Lipinski definition) is 1. The van der Waals surface area contributed by atoms with E-state index < -0.39 is 17.6 Å². The number of nitrogens with two attached hydrogens (primary N) is 1. The molecule has 0 aromatic carbocycles. The number of anilines is 1. The molecule has 5 nitrogen and oxygen atoms in total. The fourth-order valence-electron chi connectivity index (χ4n) is 2.63. The summed E-state index contributed by atoms with van der Waals surface area (Å²) in [6.07, 6.45) is 5.60. The Labute approximate surface area is 147 Å². The summed E-state index contributed by atoms with van der Waals surface area (Å²) in [7, 11) is 1.61. The molecule has 25 heavy (non-hydrogen) atoms. The minimum absolute atomic E-state index is 0.0120. The minimum Gasteiger partial charge on any atom is -0.495 e. The number of imidazole rings is 1. The second-order valence-electron chi connectivity index (χ2n) is 6.32. The van der Waals surface area contributed by atoms with Gasteiger partial charge in [0.15, 0.2) is 11.6 Å². The Balaban J connectivity index is 1.88. The lowest BCUT2D eigenvalue weighted by atomic mass is 10.2. The van der Waals surface area contributed by atoms with E-state index in [1.807, 2.05) is 6.20 Å². The van der Waals surface area contributed by atoms with E-state index in [9.17, 15) is 8.78 Å². The molecule has 4 rings (SSSR count). The van der Waals surface area contributed by atoms with Crippen molar-refractivity contribution in [3.63, 3.8) is 0 Å². The second kappa shape index (κ2) is 5.59. The maximum atomic E-state index is 14.2. The molecule has 1 aliphatic rings. The van der Waals surface area contributed by atoms with E-state index in [4.69, 9.17) is 10.5 Å². The summed E-state index contributed by atoms with van der Waals surface area (Å²) in [5.41, 5.74) is 6.32. The van der Waals surface area contributed by atoms with E-state index >= 15 is 0 Å². The van der Waals surface area contributed by atoms with Gasteiger partial charge in [-0.15, -0.1) is 11.8 Å². The summed E-state index contributed by atoms with van der Waals surface area (Å²) in [6.45, 7) is 2.19. The molecule has 3 aromatic heterocycles. The molecule has 0 aliphatic heterocycles. The van der Waals surface area contributed by atoms with Crippen LogP contribution in [0.3, 0.4) is 0 Å². The fraction of sp³-hybridized carbons (Fsp3) is 0.294. The third-order valence-corrected chi connectivity index (χ3v) is 5.77. The average molecular weight is 362 g/mol. The number of nitrogen functional groups attached to an aromatic ring is 1. The van der Waals surface area contributed by atoms with Crippen LogP contribution in [0.4, 0.5) is 14.6 Å². The largest absolute Gasteiger partial charge is 0.495 e. The highest BCUT2D eigenvalue weighted by molar-refractivity contribution is 8.01. The SMILES string of the molecule is COc1cc2ncc(-c3cc(F)c(N)nc3F)n2cc1SC1(C)CC1. The Morgan fingerprint density at radius 2 is 2.08 bits per heavy atom. The molecule has 0 radical (unpaired) electrons. The number of fused-ring (bicyclic) bond motifs is 1. The number of thioether (sulfide) groups is 1. The van der Waals surface area contributed by atoms with Gasteiger partial charge in [0.05, 0.1) is 29.5 Å². The highest BCUT2D eigenvalue weighted by atomic mass is 32.2. The summed E-state index contributed by atoms with van der Waals surface area (Å²) in [4.78, 5) is 8.63. The molecule has 0 unspecified atom stereocenters. The van der Waals surface area contributed by atoms with Gasteiger partial charge in [0.1, 0.15) is 11.4 Å². The van der Waals surface area contributed by atoms with Crippen LogP contribution in [0.25, 0.3) is 16.9 Å². The predicted octanol–water partition coefficient (Wildman–Crippen LogP) is 3.91. The normalized spacial score (nSPS) is 15.5. The lowest BCUT2D eigenvalue weighted by Gasteiger charge is -2.13. The number of aromatic nitrogens is 3. The van der Waals surface area contributed by atoms with Crippen molar-refractivity contribution in [1.82, 2.24) is 14.4 Å². The molecule has 0 atom stereocenters. The molecule has 0 saturated heterocycles. The van der Waals surface area contributed by atoms with Crippen molar-refractivity contribution < 1.29 is 13.5 Å². The van der Waals surface area contributed by atoms with E-state index in [2.05, 4.69) is 16.9 Å². The molecule has 3 heterocycles. The minimum atomic E-state index is -0.833. The third kappa shape index (κ3) is 2.80. The van der Waals surface area contributed by atoms with Gasteiger partial charge < -0.3 is 10.5 Å². The molecule has 1 aliphatic carbocycles. The Kier molecular flexibility index (Phi) is 3.61. The van der Waals surface area contributed by atoms with Crippen molar-refractivity contribution in [3.05, 3.63) is 36.3 Å². The summed E-state index contributed by atoms with van der Waals surface area (Å²) >= 11 is 1.72. The first-order valence-electron chi connectivity index (χ1n) is 7.76. The van der Waals surface area contributed by atoms with Crippen LogP contribution in [0.1, 0.15) is 19.8 Å². The van der Waals surface area contributed by atoms with Gasteiger partial charge in [0.25, 0.3) is 0 Å². The molecule has 1 saturated carbocycles. The molecule has 8 heteroatoms. The Hall–Kier alpha value is -2.35. The van der Waals surface area contributed by atoms with Gasteiger partial charge in [-0.25, -0.2) is 9.37 Å². The monoisotopic (exact) mass is 362 g/mol. The molecular weight excluding hydrogens is 346 g/mol. The van der Waals surface area contributed by atoms with Gasteiger partial charge in [-0.3, -0.25) is 4.40 Å². The summed E-state index contributed by atoms with van der Waals surface area (Å²) < 4.78 is 35.4. The zero-order valence-corrected chi connectivity index (χ0v) is 14.5. The lowest BCUT2D eigenvalue weighted by Crippen LogP contribution is -2.02. The van der Waals surface area contributed by atoms with Gasteiger partial charge in [0.2, 0.25) is 5.95 Å². The molecule has 0 amide bonds. The van der Waals surface area contributed by atoms with Crippen molar-refractivity contribution in [2.45, 2.75) is 29.4 Å². The third-order valence-electron chi connectivity index (χ3n) is 4.34. The first-order valence-corrected chi connectivity index (χ1v) is 8.58. The molecule has 1 fully saturated rings. The van der Waals surface area contributed by atoms with Gasteiger partial charge in [0, 0.05) is 17.0 Å². The van der Waals surface area contributed by atoms with Crippen LogP contribution in [-0.4, -0.2) is 26.2 Å². The van der Waals surface area contributed by atoms with Crippen molar-refractivity contribution in [2.24, 2.45) is 0 Å². The second-order valence-corrected chi connectivity index (χ2v) is 7.95. The van der Waals surface area contributed by atoms with Gasteiger partial charge in [-0.05, 0) is 18.9 Å². The predicted molar refractivity (Wildman–Crippen MR) is 92.8 cm³/mol. The zero-order chi connectivity index (χ0) is 17.8. The van der Waals surface area contributed by atoms with Crippen molar-refractivity contribution >= 4 is 23.2 Å². The van der Waals surface area contributed by atoms with E-state index in [1.165, 1.54) is 6.20 Å². The average Bonchev–Trinajstić information content (AvgIpc) is 3.16. The number of ether oxygens (including phenoxy) is 1. The number of halogens is 2. The number of methoxy groups -OCH3 is 1. The topological polar surface area (TPSA) is 65.4 Å². The Morgan fingerprint density at radius 1 is 1.32 bits per heavy atom. The molecule has 2 N–H and O–H groups in total. The smallest absolute Gasteiger partial charge is 0.224 e. The first kappa shape index (κ1) is 16.1. The molecule has 130 valence electrons. The van der Waals surface area contributed by atoms with Crippen LogP contribution in [0, 0.1) is 11.8 Å². The van der Waals surface area contributed by atoms with Gasteiger partial charge in [-0.1, -0.05) is 6.92 Å². The van der Waals surface area contributed by atoms with Crippen LogP contribution < -0.4 is 10.5 Å². The van der Waals surface area contributed by atoms with Gasteiger partial charge in [-0.2, -0.15) is 9.37 Å². The molecule has 0 spiro atoms. The highest BCUT2D eigenvalue weighted by Crippen LogP contribution is 2.53. The number of nitrogens with zero attached hydrogens (tertiary/aromatic N) is 3. The number of pyridine rings is 2. The maximum absolute atomic E-state index is 14.2. The molecule has 0 bridgehead atoms. The van der Waals surface area contributed by atoms with Crippen LogP contribution in [-0.2, 0) is 0 Å². The van der Waals surface area contributed by atoms with Crippen LogP contribution in [0.5, 0.6) is 5.75 Å². The molecule has 3 aromatic rings. The Bertz CT molecular complexity index is 984. The van der Waals surface area contributed by atoms with Crippen molar-refractivity contribution in [3.8, 4) is 17.0 Å². The zero-order valence-electron chi connectivity index (χ0n) is 13.7. The maximum Gasteiger partial charge on any atom is 0.224 e. The van der Waals surface area contributed by atoms with Crippen LogP contribution in [0.2, 0.25) is 0 Å². The van der Waals surface area contributed by atoms with Crippen molar-refractivity contribution in [2.75, 3.05) is 12.8 Å². The number of hydrogen-bond acceptors (Lipinski definition) is 5. The fourth-order valence-corrected chi connectivity index (χ4v) is 3.86. The molecular formula is C17H16F2N4OS. The van der Waals surface area contributed by atoms with E-state index in [0.29, 0.717) is 17.1 Å². The van der Waals surface area contributed by atoms with E-state index in [0.717, 1.165) is 23.8 Å². The summed E-state index contributed by atoms with van der Waals surface area (Å²) in [5, 5.41) is 0. The Morgan fingerprint density at radius 3 is 2.76 bits per heavy atom. The number of rotatable bonds is 4. The standard InChI is InChI=1S/C17H16F2N4OS/c1-17(3-4-17)25-13-8-23-11(7-21-14(23)6-12(13)24-2)9-5-10(18)16(20)22-15(9)19/h5-8H,3-4H2,1-2H3,(H2,20,22). The summed E-state index contributed by atoms with van der Waals surface area (Å²) in [5.74, 6) is -1.35. The van der Waals surface area contributed by atoms with Crippen LogP contribution in [0.15, 0.2) is 29.4 Å².